The number of halogens is 2. The van der Waals surface area contributed by atoms with Crippen molar-refractivity contribution in [1.29, 1.82) is 0 Å². The summed E-state index contributed by atoms with van der Waals surface area (Å²) >= 11 is 0. The van der Waals surface area contributed by atoms with E-state index in [2.05, 4.69) is 0 Å². The maximum Gasteiger partial charge on any atom is 0.414 e. The largest absolute Gasteiger partial charge is 0.441 e. The number of anilines is 1. The van der Waals surface area contributed by atoms with Gasteiger partial charge in [-0.15, -0.1) is 0 Å². The second kappa shape index (κ2) is 8.22. The van der Waals surface area contributed by atoms with Crippen LogP contribution in [0.25, 0.3) is 0 Å². The Hall–Kier alpha value is -2.48. The first kappa shape index (κ1) is 21.7. The molecule has 1 amide bonds. The third kappa shape index (κ3) is 4.44. The van der Waals surface area contributed by atoms with Gasteiger partial charge in [0.15, 0.2) is 21.5 Å². The van der Waals surface area contributed by atoms with Gasteiger partial charge in [0, 0.05) is 17.7 Å². The van der Waals surface area contributed by atoms with Gasteiger partial charge in [0.2, 0.25) is 0 Å². The van der Waals surface area contributed by atoms with E-state index in [9.17, 15) is 22.0 Å². The van der Waals surface area contributed by atoms with Gasteiger partial charge in [0.05, 0.1) is 17.2 Å². The van der Waals surface area contributed by atoms with Crippen molar-refractivity contribution in [1.82, 2.24) is 0 Å². The number of hydrogen-bond acceptors (Lipinski definition) is 4. The van der Waals surface area contributed by atoms with Crippen LogP contribution in [0.4, 0.5) is 19.3 Å². The number of ether oxygens (including phenoxy) is 1. The van der Waals surface area contributed by atoms with Gasteiger partial charge >= 0.3 is 6.09 Å². The molecule has 1 aliphatic heterocycles. The zero-order valence-electron chi connectivity index (χ0n) is 17.5. The summed E-state index contributed by atoms with van der Waals surface area (Å²) in [5.74, 6) is -2.87. The maximum absolute atomic E-state index is 14.5. The Morgan fingerprint density at radius 2 is 1.81 bits per heavy atom. The van der Waals surface area contributed by atoms with Crippen molar-refractivity contribution in [3.05, 3.63) is 64.2 Å². The van der Waals surface area contributed by atoms with Gasteiger partial charge in [-0.05, 0) is 55.4 Å². The molecule has 4 rings (SSSR count). The summed E-state index contributed by atoms with van der Waals surface area (Å²) in [6, 6.07) is 7.95. The van der Waals surface area contributed by atoms with E-state index in [0.717, 1.165) is 24.8 Å². The fraction of sp³-hybridized carbons (Fsp3) is 0.435. The minimum Gasteiger partial charge on any atom is -0.441 e. The van der Waals surface area contributed by atoms with Crippen molar-refractivity contribution < 1.29 is 26.7 Å². The second-order valence-electron chi connectivity index (χ2n) is 8.32. The van der Waals surface area contributed by atoms with Crippen molar-refractivity contribution in [2.75, 3.05) is 11.4 Å². The van der Waals surface area contributed by atoms with Gasteiger partial charge in [-0.3, -0.25) is 4.90 Å². The smallest absolute Gasteiger partial charge is 0.414 e. The standard InChI is InChI=1S/C23H25F2NO4S/c1-3-10-26-20-9-4-15(11-19(20)14(2)30-23(26)27)12-31(28,29)13-17-7-8-18(16-5-6-16)22(25)21(17)24/h4,7-9,11,14,16H,3,5-6,10,12-13H2,1-2H3. The highest BCUT2D eigenvalue weighted by Gasteiger charge is 2.31. The highest BCUT2D eigenvalue weighted by molar-refractivity contribution is 7.89. The van der Waals surface area contributed by atoms with Crippen molar-refractivity contribution >= 4 is 21.6 Å². The van der Waals surface area contributed by atoms with E-state index in [1.54, 1.807) is 25.1 Å². The molecule has 0 bridgehead atoms. The minimum absolute atomic E-state index is 0.0408. The van der Waals surface area contributed by atoms with Crippen molar-refractivity contribution in [3.63, 3.8) is 0 Å². The van der Waals surface area contributed by atoms with Gasteiger partial charge < -0.3 is 4.74 Å². The number of carbonyl (C=O) groups is 1. The highest BCUT2D eigenvalue weighted by Crippen LogP contribution is 2.42. The van der Waals surface area contributed by atoms with Gasteiger partial charge in [-0.2, -0.15) is 0 Å². The Morgan fingerprint density at radius 1 is 1.06 bits per heavy atom. The minimum atomic E-state index is -3.75. The fourth-order valence-electron chi connectivity index (χ4n) is 4.04. The Kier molecular flexibility index (Phi) is 5.77. The molecule has 2 aliphatic rings. The summed E-state index contributed by atoms with van der Waals surface area (Å²) in [5.41, 5.74) is 2.11. The predicted octanol–water partition coefficient (Wildman–Crippen LogP) is 5.38. The molecule has 0 N–H and O–H groups in total. The number of carbonyl (C=O) groups excluding carboxylic acids is 1. The van der Waals surface area contributed by atoms with Crippen LogP contribution in [0.2, 0.25) is 0 Å². The normalized spacial score (nSPS) is 18.6. The van der Waals surface area contributed by atoms with Crippen LogP contribution in [0.1, 0.15) is 67.4 Å². The molecule has 166 valence electrons. The van der Waals surface area contributed by atoms with Crippen LogP contribution >= 0.6 is 0 Å². The second-order valence-corrected chi connectivity index (χ2v) is 10.4. The molecule has 0 aromatic heterocycles. The number of sulfone groups is 1. The van der Waals surface area contributed by atoms with E-state index in [0.29, 0.717) is 23.4 Å². The molecule has 2 aromatic rings. The zero-order valence-corrected chi connectivity index (χ0v) is 18.3. The number of benzene rings is 2. The SMILES string of the molecule is CCCN1C(=O)OC(C)c2cc(CS(=O)(=O)Cc3ccc(C4CC4)c(F)c3F)ccc21. The first-order chi connectivity index (χ1) is 14.7. The molecule has 0 saturated heterocycles. The predicted molar refractivity (Wildman–Crippen MR) is 114 cm³/mol. The van der Waals surface area contributed by atoms with Crippen LogP contribution in [0.5, 0.6) is 0 Å². The lowest BCUT2D eigenvalue weighted by molar-refractivity contribution is 0.107. The Morgan fingerprint density at radius 3 is 2.48 bits per heavy atom. The van der Waals surface area contributed by atoms with E-state index in [-0.39, 0.29) is 17.2 Å². The highest BCUT2D eigenvalue weighted by atomic mass is 32.2. The van der Waals surface area contributed by atoms with Gasteiger partial charge in [0.1, 0.15) is 6.10 Å². The lowest BCUT2D eigenvalue weighted by Gasteiger charge is -2.32. The molecule has 1 heterocycles. The summed E-state index contributed by atoms with van der Waals surface area (Å²) in [6.45, 7) is 4.18. The molecule has 2 aromatic carbocycles. The van der Waals surface area contributed by atoms with Crippen LogP contribution in [-0.4, -0.2) is 21.1 Å². The summed E-state index contributed by atoms with van der Waals surface area (Å²) in [5, 5.41) is 0. The molecule has 1 atom stereocenters. The van der Waals surface area contributed by atoms with Gasteiger partial charge in [-0.1, -0.05) is 25.1 Å². The van der Waals surface area contributed by atoms with Gasteiger partial charge in [0.25, 0.3) is 0 Å². The summed E-state index contributed by atoms with van der Waals surface area (Å²) < 4.78 is 59.6. The van der Waals surface area contributed by atoms with Crippen molar-refractivity contribution in [2.24, 2.45) is 0 Å². The molecule has 1 saturated carbocycles. The van der Waals surface area contributed by atoms with Crippen LogP contribution in [-0.2, 0) is 26.1 Å². The third-order valence-electron chi connectivity index (χ3n) is 5.74. The van der Waals surface area contributed by atoms with E-state index >= 15 is 0 Å². The molecular weight excluding hydrogens is 424 g/mol. The number of rotatable bonds is 7. The number of hydrogen-bond donors (Lipinski definition) is 0. The van der Waals surface area contributed by atoms with E-state index in [1.165, 1.54) is 17.0 Å². The maximum atomic E-state index is 14.5. The topological polar surface area (TPSA) is 63.7 Å². The van der Waals surface area contributed by atoms with Crippen LogP contribution in [0.15, 0.2) is 30.3 Å². The summed E-state index contributed by atoms with van der Waals surface area (Å²) in [4.78, 5) is 13.7. The number of amides is 1. The van der Waals surface area contributed by atoms with Crippen LogP contribution in [0.3, 0.4) is 0 Å². The molecular formula is C23H25F2NO4S. The van der Waals surface area contributed by atoms with Crippen molar-refractivity contribution in [3.8, 4) is 0 Å². The molecule has 31 heavy (non-hydrogen) atoms. The zero-order chi connectivity index (χ0) is 22.3. The van der Waals surface area contributed by atoms with E-state index < -0.39 is 39.4 Å². The van der Waals surface area contributed by atoms with Gasteiger partial charge in [-0.25, -0.2) is 22.0 Å². The van der Waals surface area contributed by atoms with E-state index in [1.807, 2.05) is 6.92 Å². The lowest BCUT2D eigenvalue weighted by Crippen LogP contribution is -2.37. The molecule has 0 radical (unpaired) electrons. The molecule has 1 aliphatic carbocycles. The molecule has 5 nitrogen and oxygen atoms in total. The summed E-state index contributed by atoms with van der Waals surface area (Å²) in [6.07, 6.45) is 1.49. The third-order valence-corrected chi connectivity index (χ3v) is 7.26. The number of cyclic esters (lactones) is 1. The quantitative estimate of drug-likeness (QED) is 0.569. The average molecular weight is 450 g/mol. The lowest BCUT2D eigenvalue weighted by atomic mass is 10.0. The summed E-state index contributed by atoms with van der Waals surface area (Å²) in [7, 11) is -3.75. The fourth-order valence-corrected chi connectivity index (χ4v) is 5.53. The molecule has 1 unspecified atom stereocenters. The average Bonchev–Trinajstić information content (AvgIpc) is 3.54. The van der Waals surface area contributed by atoms with Crippen LogP contribution < -0.4 is 4.90 Å². The van der Waals surface area contributed by atoms with Crippen molar-refractivity contribution in [2.45, 2.75) is 56.6 Å². The monoisotopic (exact) mass is 449 g/mol. The molecule has 0 spiro atoms. The Balaban J connectivity index is 1.56. The van der Waals surface area contributed by atoms with E-state index in [4.69, 9.17) is 4.74 Å². The number of fused-ring (bicyclic) bond motifs is 1. The molecule has 8 heteroatoms. The first-order valence-electron chi connectivity index (χ1n) is 10.5. The number of nitrogens with zero attached hydrogens (tertiary/aromatic N) is 1. The van der Waals surface area contributed by atoms with Crippen LogP contribution in [0, 0.1) is 11.6 Å². The first-order valence-corrected chi connectivity index (χ1v) is 12.3. The molecule has 1 fully saturated rings. The Labute approximate surface area is 180 Å². The Bertz CT molecular complexity index is 1130.